The molecule has 3 rings (SSSR count). The molecule has 0 aromatic heterocycles. The number of nitrogens with one attached hydrogen (secondary N) is 3. The highest BCUT2D eigenvalue weighted by atomic mass is 15.4. The van der Waals surface area contributed by atoms with E-state index in [0.29, 0.717) is 12.1 Å². The van der Waals surface area contributed by atoms with E-state index >= 15 is 0 Å². The molecule has 2 heterocycles. The SMILES string of the molecule is C[C@@H]1CCC[C@H](N)C2CCCC(C2)C2CNNCC2NC1. The molecular weight excluding hydrogens is 260 g/mol. The van der Waals surface area contributed by atoms with Crippen molar-refractivity contribution in [1.29, 1.82) is 0 Å². The molecule has 4 nitrogen and oxygen atoms in total. The zero-order chi connectivity index (χ0) is 14.7. The van der Waals surface area contributed by atoms with Crippen molar-refractivity contribution in [2.45, 2.75) is 64.0 Å². The van der Waals surface area contributed by atoms with Gasteiger partial charge in [0.15, 0.2) is 0 Å². The molecule has 21 heavy (non-hydrogen) atoms. The summed E-state index contributed by atoms with van der Waals surface area (Å²) in [7, 11) is 0. The predicted octanol–water partition coefficient (Wildman–Crippen LogP) is 1.62. The second-order valence-electron chi connectivity index (χ2n) is 7.83. The Morgan fingerprint density at radius 3 is 2.52 bits per heavy atom. The molecule has 0 spiro atoms. The van der Waals surface area contributed by atoms with E-state index < -0.39 is 0 Å². The van der Waals surface area contributed by atoms with Gasteiger partial charge in [0.25, 0.3) is 0 Å². The molecule has 4 unspecified atom stereocenters. The van der Waals surface area contributed by atoms with Crippen molar-refractivity contribution in [2.75, 3.05) is 19.6 Å². The van der Waals surface area contributed by atoms with E-state index in [4.69, 9.17) is 5.73 Å². The molecule has 0 aromatic carbocycles. The third-order valence-electron chi connectivity index (χ3n) is 6.23. The Kier molecular flexibility index (Phi) is 5.54. The number of fused-ring (bicyclic) bond motifs is 4. The minimum absolute atomic E-state index is 0.445. The zero-order valence-corrected chi connectivity index (χ0v) is 13.6. The van der Waals surface area contributed by atoms with Crippen molar-refractivity contribution in [3.8, 4) is 0 Å². The molecule has 0 radical (unpaired) electrons. The monoisotopic (exact) mass is 294 g/mol. The van der Waals surface area contributed by atoms with Crippen LogP contribution in [0.5, 0.6) is 0 Å². The van der Waals surface area contributed by atoms with E-state index in [-0.39, 0.29) is 0 Å². The Balaban J connectivity index is 1.72. The maximum Gasteiger partial charge on any atom is 0.0257 e. The third kappa shape index (κ3) is 3.98. The number of hydrogen-bond acceptors (Lipinski definition) is 4. The summed E-state index contributed by atoms with van der Waals surface area (Å²) in [4.78, 5) is 0. The molecule has 5 N–H and O–H groups in total. The van der Waals surface area contributed by atoms with Gasteiger partial charge in [0, 0.05) is 25.2 Å². The lowest BCUT2D eigenvalue weighted by atomic mass is 9.69. The first-order valence-electron chi connectivity index (χ1n) is 9.18. The Hall–Kier alpha value is -0.160. The number of hydrogen-bond donors (Lipinski definition) is 4. The van der Waals surface area contributed by atoms with Gasteiger partial charge in [-0.2, -0.15) is 0 Å². The van der Waals surface area contributed by atoms with Crippen LogP contribution in [0.2, 0.25) is 0 Å². The predicted molar refractivity (Wildman–Crippen MR) is 87.7 cm³/mol. The van der Waals surface area contributed by atoms with Crippen molar-refractivity contribution in [3.05, 3.63) is 0 Å². The quantitative estimate of drug-likeness (QED) is 0.548. The van der Waals surface area contributed by atoms with Crippen LogP contribution in [0.4, 0.5) is 0 Å². The lowest BCUT2D eigenvalue weighted by Gasteiger charge is -2.43. The fraction of sp³-hybridized carbons (Fsp3) is 1.00. The van der Waals surface area contributed by atoms with Crippen molar-refractivity contribution in [3.63, 3.8) is 0 Å². The van der Waals surface area contributed by atoms with Gasteiger partial charge in [-0.05, 0) is 55.9 Å². The largest absolute Gasteiger partial charge is 0.327 e. The van der Waals surface area contributed by atoms with E-state index in [0.717, 1.165) is 43.3 Å². The molecule has 3 fully saturated rings. The Bertz CT molecular complexity index is 322. The van der Waals surface area contributed by atoms with Crippen LogP contribution >= 0.6 is 0 Å². The summed E-state index contributed by atoms with van der Waals surface area (Å²) < 4.78 is 0. The van der Waals surface area contributed by atoms with Gasteiger partial charge >= 0.3 is 0 Å². The first-order chi connectivity index (χ1) is 10.2. The summed E-state index contributed by atoms with van der Waals surface area (Å²) in [6.45, 7) is 5.71. The van der Waals surface area contributed by atoms with Crippen LogP contribution in [-0.4, -0.2) is 31.7 Å². The normalized spacial score (nSPS) is 46.0. The molecule has 2 bridgehead atoms. The van der Waals surface area contributed by atoms with E-state index in [9.17, 15) is 0 Å². The second-order valence-corrected chi connectivity index (χ2v) is 7.83. The van der Waals surface area contributed by atoms with Gasteiger partial charge < -0.3 is 11.1 Å². The summed E-state index contributed by atoms with van der Waals surface area (Å²) in [6, 6.07) is 1.08. The first-order valence-corrected chi connectivity index (χ1v) is 9.18. The molecular formula is C17H34N4. The first kappa shape index (κ1) is 15.7. The molecule has 6 atom stereocenters. The van der Waals surface area contributed by atoms with E-state index in [2.05, 4.69) is 23.1 Å². The minimum atomic E-state index is 0.445. The summed E-state index contributed by atoms with van der Waals surface area (Å²) in [5, 5.41) is 3.87. The van der Waals surface area contributed by atoms with Gasteiger partial charge in [0.05, 0.1) is 0 Å². The summed E-state index contributed by atoms with van der Waals surface area (Å²) in [6.07, 6.45) is 9.37. The Morgan fingerprint density at radius 2 is 1.62 bits per heavy atom. The smallest absolute Gasteiger partial charge is 0.0257 e. The van der Waals surface area contributed by atoms with Crippen molar-refractivity contribution in [2.24, 2.45) is 29.4 Å². The van der Waals surface area contributed by atoms with Crippen molar-refractivity contribution >= 4 is 0 Å². The number of hydrazine groups is 1. The highest BCUT2D eigenvalue weighted by Crippen LogP contribution is 2.37. The lowest BCUT2D eigenvalue weighted by molar-refractivity contribution is 0.112. The highest BCUT2D eigenvalue weighted by Gasteiger charge is 2.36. The van der Waals surface area contributed by atoms with Crippen LogP contribution in [0.1, 0.15) is 51.9 Å². The lowest BCUT2D eigenvalue weighted by Crippen LogP contribution is -2.59. The van der Waals surface area contributed by atoms with E-state index in [1.54, 1.807) is 0 Å². The van der Waals surface area contributed by atoms with Gasteiger partial charge in [-0.15, -0.1) is 0 Å². The standard InChI is InChI=1S/C17H34N4/c1-12-4-2-7-16(18)14-6-3-5-13(8-14)15-10-20-21-11-17(15)19-9-12/h12-17,19-21H,2-11,18H2,1H3/t12-,13?,14?,15?,16+,17?/m1/s1. The maximum absolute atomic E-state index is 6.54. The average Bonchev–Trinajstić information content (AvgIpc) is 2.52. The second kappa shape index (κ2) is 7.40. The third-order valence-corrected chi connectivity index (χ3v) is 6.23. The minimum Gasteiger partial charge on any atom is -0.327 e. The maximum atomic E-state index is 6.54. The summed E-state index contributed by atoms with van der Waals surface area (Å²) in [5.41, 5.74) is 13.3. The molecule has 2 aliphatic heterocycles. The van der Waals surface area contributed by atoms with Crippen molar-refractivity contribution in [1.82, 2.24) is 16.2 Å². The molecule has 4 heteroatoms. The summed E-state index contributed by atoms with van der Waals surface area (Å²) in [5.74, 6) is 3.17. The van der Waals surface area contributed by atoms with E-state index in [1.165, 1.54) is 44.9 Å². The van der Waals surface area contributed by atoms with Gasteiger partial charge in [-0.3, -0.25) is 10.9 Å². The average molecular weight is 294 g/mol. The topological polar surface area (TPSA) is 62.1 Å². The molecule has 1 aliphatic carbocycles. The number of nitrogens with two attached hydrogens (primary N) is 1. The molecule has 122 valence electrons. The van der Waals surface area contributed by atoms with Gasteiger partial charge in [-0.25, -0.2) is 0 Å². The zero-order valence-electron chi connectivity index (χ0n) is 13.6. The fourth-order valence-electron chi connectivity index (χ4n) is 4.82. The van der Waals surface area contributed by atoms with Gasteiger partial charge in [0.2, 0.25) is 0 Å². The Labute approximate surface area is 130 Å². The van der Waals surface area contributed by atoms with Crippen LogP contribution in [0.25, 0.3) is 0 Å². The van der Waals surface area contributed by atoms with Gasteiger partial charge in [0.1, 0.15) is 0 Å². The molecule has 2 saturated heterocycles. The molecule has 1 saturated carbocycles. The Morgan fingerprint density at radius 1 is 0.857 bits per heavy atom. The van der Waals surface area contributed by atoms with Crippen LogP contribution in [0, 0.1) is 23.7 Å². The molecule has 0 aromatic rings. The van der Waals surface area contributed by atoms with Gasteiger partial charge in [-0.1, -0.05) is 26.2 Å². The molecule has 0 amide bonds. The van der Waals surface area contributed by atoms with Crippen molar-refractivity contribution < 1.29 is 0 Å². The van der Waals surface area contributed by atoms with Crippen LogP contribution in [-0.2, 0) is 0 Å². The summed E-state index contributed by atoms with van der Waals surface area (Å²) >= 11 is 0. The molecule has 3 aliphatic rings. The highest BCUT2D eigenvalue weighted by molar-refractivity contribution is 4.92. The van der Waals surface area contributed by atoms with Crippen LogP contribution in [0.15, 0.2) is 0 Å². The van der Waals surface area contributed by atoms with Crippen LogP contribution < -0.4 is 21.9 Å². The van der Waals surface area contributed by atoms with Crippen LogP contribution in [0.3, 0.4) is 0 Å². The van der Waals surface area contributed by atoms with E-state index in [1.807, 2.05) is 0 Å². The fourth-order valence-corrected chi connectivity index (χ4v) is 4.82. The number of rotatable bonds is 0.